The van der Waals surface area contributed by atoms with E-state index in [0.29, 0.717) is 38.0 Å². The molecule has 0 saturated carbocycles. The molecular weight excluding hydrogens is 268 g/mol. The lowest BCUT2D eigenvalue weighted by molar-refractivity contribution is 0.0310. The molecule has 0 aromatic heterocycles. The Bertz CT molecular complexity index is 396. The monoisotopic (exact) mass is 292 g/mol. The average Bonchev–Trinajstić information content (AvgIpc) is 2.73. The summed E-state index contributed by atoms with van der Waals surface area (Å²) in [5.74, 6) is 0.747. The molecule has 2 N–H and O–H groups in total. The predicted octanol–water partition coefficient (Wildman–Crippen LogP) is -0.0499. The summed E-state index contributed by atoms with van der Waals surface area (Å²) in [4.78, 5) is 0. The van der Waals surface area contributed by atoms with Crippen molar-refractivity contribution >= 4 is 10.2 Å². The minimum absolute atomic E-state index is 0.0224. The summed E-state index contributed by atoms with van der Waals surface area (Å²) >= 11 is 0. The second kappa shape index (κ2) is 5.65. The molecule has 3 atom stereocenters. The summed E-state index contributed by atoms with van der Waals surface area (Å²) in [6.45, 7) is 5.93. The van der Waals surface area contributed by atoms with E-state index >= 15 is 0 Å². The van der Waals surface area contributed by atoms with E-state index in [9.17, 15) is 13.5 Å². The Labute approximate surface area is 115 Å². The highest BCUT2D eigenvalue weighted by molar-refractivity contribution is 7.87. The van der Waals surface area contributed by atoms with Gasteiger partial charge in [-0.1, -0.05) is 13.8 Å². The molecule has 0 aliphatic carbocycles. The van der Waals surface area contributed by atoms with Gasteiger partial charge in [0.2, 0.25) is 0 Å². The summed E-state index contributed by atoms with van der Waals surface area (Å²) in [7, 11) is -3.51. The smallest absolute Gasteiger partial charge is 0.279 e. The van der Waals surface area contributed by atoms with Crippen LogP contribution in [0.25, 0.3) is 0 Å². The first-order valence-corrected chi connectivity index (χ1v) is 8.30. The van der Waals surface area contributed by atoms with Crippen molar-refractivity contribution in [3.63, 3.8) is 0 Å². The maximum Gasteiger partial charge on any atom is 0.279 e. The fraction of sp³-hybridized carbons (Fsp3) is 1.00. The maximum absolute atomic E-state index is 12.2. The molecular formula is C12H24N2O4S. The molecule has 7 heteroatoms. The minimum atomic E-state index is -3.51. The van der Waals surface area contributed by atoms with Gasteiger partial charge in [0, 0.05) is 32.7 Å². The second-order valence-corrected chi connectivity index (χ2v) is 7.87. The molecule has 2 aliphatic rings. The Balaban J connectivity index is 1.94. The molecule has 2 fully saturated rings. The maximum atomic E-state index is 12.2. The number of nitrogens with one attached hydrogen (secondary N) is 1. The van der Waals surface area contributed by atoms with Crippen molar-refractivity contribution in [1.29, 1.82) is 0 Å². The van der Waals surface area contributed by atoms with Gasteiger partial charge in [0.1, 0.15) is 5.60 Å². The highest BCUT2D eigenvalue weighted by Gasteiger charge is 2.36. The summed E-state index contributed by atoms with van der Waals surface area (Å²) < 4.78 is 33.6. The van der Waals surface area contributed by atoms with E-state index in [2.05, 4.69) is 18.6 Å². The van der Waals surface area contributed by atoms with Gasteiger partial charge in [-0.15, -0.1) is 0 Å². The summed E-state index contributed by atoms with van der Waals surface area (Å²) in [5, 5.41) is 10.1. The van der Waals surface area contributed by atoms with E-state index in [0.717, 1.165) is 6.42 Å². The van der Waals surface area contributed by atoms with E-state index in [1.54, 1.807) is 0 Å². The van der Waals surface area contributed by atoms with Crippen molar-refractivity contribution in [2.45, 2.75) is 32.3 Å². The number of ether oxygens (including phenoxy) is 1. The number of aliphatic hydroxyl groups is 1. The zero-order chi connectivity index (χ0) is 14.1. The Morgan fingerprint density at radius 3 is 2.53 bits per heavy atom. The van der Waals surface area contributed by atoms with Gasteiger partial charge in [0.15, 0.2) is 0 Å². The lowest BCUT2D eigenvalue weighted by Crippen LogP contribution is -2.51. The minimum Gasteiger partial charge on any atom is -0.386 e. The van der Waals surface area contributed by atoms with Crippen LogP contribution in [0.5, 0.6) is 0 Å². The molecule has 2 rings (SSSR count). The number of hydrogen-bond donors (Lipinski definition) is 2. The normalized spacial score (nSPS) is 37.6. The van der Waals surface area contributed by atoms with Gasteiger partial charge in [-0.05, 0) is 18.3 Å². The van der Waals surface area contributed by atoms with Crippen LogP contribution < -0.4 is 4.72 Å². The molecule has 112 valence electrons. The molecule has 6 nitrogen and oxygen atoms in total. The summed E-state index contributed by atoms with van der Waals surface area (Å²) in [6, 6.07) is 0. The Kier molecular flexibility index (Phi) is 4.52. The quantitative estimate of drug-likeness (QED) is 0.761. The van der Waals surface area contributed by atoms with E-state index < -0.39 is 15.8 Å². The third kappa shape index (κ3) is 3.88. The first-order valence-electron chi connectivity index (χ1n) is 6.86. The zero-order valence-corrected chi connectivity index (χ0v) is 12.4. The van der Waals surface area contributed by atoms with Crippen LogP contribution in [-0.2, 0) is 14.9 Å². The lowest BCUT2D eigenvalue weighted by atomic mass is 9.94. The molecule has 2 heterocycles. The SMILES string of the molecule is CC1CC(C)CN(S(=O)(=O)NCC2(O)CCOC2)C1. The first-order chi connectivity index (χ1) is 8.81. The van der Waals surface area contributed by atoms with E-state index in [1.165, 1.54) is 4.31 Å². The Hall–Kier alpha value is -0.210. The molecule has 3 unspecified atom stereocenters. The van der Waals surface area contributed by atoms with E-state index in [4.69, 9.17) is 4.74 Å². The molecule has 2 saturated heterocycles. The van der Waals surface area contributed by atoms with Gasteiger partial charge in [0.05, 0.1) is 6.61 Å². The molecule has 0 bridgehead atoms. The van der Waals surface area contributed by atoms with E-state index in [1.807, 2.05) is 0 Å². The third-order valence-corrected chi connectivity index (χ3v) is 5.33. The van der Waals surface area contributed by atoms with Gasteiger partial charge in [-0.3, -0.25) is 0 Å². The second-order valence-electron chi connectivity index (χ2n) is 6.12. The molecule has 19 heavy (non-hydrogen) atoms. The number of piperidine rings is 1. The number of hydrogen-bond acceptors (Lipinski definition) is 4. The van der Waals surface area contributed by atoms with Gasteiger partial charge < -0.3 is 9.84 Å². The first kappa shape index (κ1) is 15.2. The molecule has 0 aromatic carbocycles. The Morgan fingerprint density at radius 1 is 1.37 bits per heavy atom. The van der Waals surface area contributed by atoms with Gasteiger partial charge in [-0.25, -0.2) is 0 Å². The Morgan fingerprint density at radius 2 is 2.00 bits per heavy atom. The topological polar surface area (TPSA) is 78.9 Å². The zero-order valence-electron chi connectivity index (χ0n) is 11.6. The van der Waals surface area contributed by atoms with Crippen molar-refractivity contribution in [1.82, 2.24) is 9.03 Å². The van der Waals surface area contributed by atoms with Crippen LogP contribution in [-0.4, -0.2) is 56.3 Å². The third-order valence-electron chi connectivity index (χ3n) is 3.84. The van der Waals surface area contributed by atoms with Crippen LogP contribution in [0.15, 0.2) is 0 Å². The fourth-order valence-electron chi connectivity index (χ4n) is 2.85. The van der Waals surface area contributed by atoms with Crippen LogP contribution >= 0.6 is 0 Å². The molecule has 0 aromatic rings. The largest absolute Gasteiger partial charge is 0.386 e. The summed E-state index contributed by atoms with van der Waals surface area (Å²) in [5.41, 5.74) is -1.06. The van der Waals surface area contributed by atoms with Gasteiger partial charge >= 0.3 is 0 Å². The van der Waals surface area contributed by atoms with Crippen LogP contribution in [0.3, 0.4) is 0 Å². The van der Waals surface area contributed by atoms with Crippen molar-refractivity contribution in [2.24, 2.45) is 11.8 Å². The van der Waals surface area contributed by atoms with Gasteiger partial charge in [-0.2, -0.15) is 17.4 Å². The van der Waals surface area contributed by atoms with Crippen LogP contribution in [0.2, 0.25) is 0 Å². The van der Waals surface area contributed by atoms with Gasteiger partial charge in [0.25, 0.3) is 10.2 Å². The standard InChI is InChI=1S/C12H24N2O4S/c1-10-5-11(2)7-14(6-10)19(16,17)13-8-12(15)3-4-18-9-12/h10-11,13,15H,3-9H2,1-2H3. The van der Waals surface area contributed by atoms with Crippen LogP contribution in [0, 0.1) is 11.8 Å². The highest BCUT2D eigenvalue weighted by Crippen LogP contribution is 2.23. The molecule has 0 amide bonds. The van der Waals surface area contributed by atoms with E-state index in [-0.39, 0.29) is 13.2 Å². The van der Waals surface area contributed by atoms with Crippen molar-refractivity contribution in [3.8, 4) is 0 Å². The average molecular weight is 292 g/mol. The highest BCUT2D eigenvalue weighted by atomic mass is 32.2. The number of rotatable bonds is 4. The van der Waals surface area contributed by atoms with Crippen LogP contribution in [0.1, 0.15) is 26.7 Å². The molecule has 2 aliphatic heterocycles. The van der Waals surface area contributed by atoms with Crippen molar-refractivity contribution in [2.75, 3.05) is 32.8 Å². The fourth-order valence-corrected chi connectivity index (χ4v) is 4.39. The number of nitrogens with zero attached hydrogens (tertiary/aromatic N) is 1. The molecule has 0 spiro atoms. The van der Waals surface area contributed by atoms with Crippen molar-refractivity contribution < 1.29 is 18.3 Å². The summed E-state index contributed by atoms with van der Waals surface area (Å²) in [6.07, 6.45) is 1.53. The lowest BCUT2D eigenvalue weighted by Gasteiger charge is -2.34. The van der Waals surface area contributed by atoms with Crippen LogP contribution in [0.4, 0.5) is 0 Å². The molecule has 0 radical (unpaired) electrons. The predicted molar refractivity (Wildman–Crippen MR) is 71.8 cm³/mol. The van der Waals surface area contributed by atoms with Crippen molar-refractivity contribution in [3.05, 3.63) is 0 Å².